The van der Waals surface area contributed by atoms with E-state index in [9.17, 15) is 4.79 Å². The molecule has 0 fully saturated rings. The summed E-state index contributed by atoms with van der Waals surface area (Å²) in [6.45, 7) is 6.61. The highest BCUT2D eigenvalue weighted by Gasteiger charge is 1.95. The summed E-state index contributed by atoms with van der Waals surface area (Å²) in [7, 11) is 0. The van der Waals surface area contributed by atoms with Gasteiger partial charge in [0.25, 0.3) is 0 Å². The summed E-state index contributed by atoms with van der Waals surface area (Å²) in [6, 6.07) is 0. The van der Waals surface area contributed by atoms with Crippen molar-refractivity contribution in [3.05, 3.63) is 72.4 Å². The fraction of sp³-hybridized carbons (Fsp3) is 0.500. The predicted octanol–water partition coefficient (Wildman–Crippen LogP) is 7.97. The Bertz CT molecular complexity index is 559. The Balaban J connectivity index is 3.83. The van der Waals surface area contributed by atoms with Crippen LogP contribution < -0.4 is 0 Å². The first-order valence-corrected chi connectivity index (χ1v) is 10.7. The lowest BCUT2D eigenvalue weighted by atomic mass is 10.0. The van der Waals surface area contributed by atoms with Crippen LogP contribution >= 0.6 is 0 Å². The normalized spacial score (nSPS) is 14.5. The Labute approximate surface area is 173 Å². The third-order valence-corrected chi connectivity index (χ3v) is 4.26. The van der Waals surface area contributed by atoms with Crippen LogP contribution in [0, 0.1) is 5.92 Å². The number of carboxylic acid groups (broad SMARTS) is 1. The van der Waals surface area contributed by atoms with Gasteiger partial charge in [-0.05, 0) is 64.2 Å². The Morgan fingerprint density at radius 1 is 0.857 bits per heavy atom. The second-order valence-electron chi connectivity index (χ2n) is 7.17. The van der Waals surface area contributed by atoms with Crippen molar-refractivity contribution in [1.82, 2.24) is 0 Å². The molecule has 0 aliphatic rings. The topological polar surface area (TPSA) is 37.3 Å². The molecule has 0 heterocycles. The quantitative estimate of drug-likeness (QED) is 0.274. The zero-order chi connectivity index (χ0) is 20.9. The van der Waals surface area contributed by atoms with E-state index in [1.807, 2.05) is 12.2 Å². The summed E-state index contributed by atoms with van der Waals surface area (Å²) in [6.07, 6.45) is 32.3. The first-order valence-electron chi connectivity index (χ1n) is 10.7. The maximum absolute atomic E-state index is 10.4. The van der Waals surface area contributed by atoms with Gasteiger partial charge in [0.05, 0.1) is 0 Å². The molecule has 1 unspecified atom stereocenters. The largest absolute Gasteiger partial charge is 0.481 e. The van der Waals surface area contributed by atoms with Gasteiger partial charge in [-0.15, -0.1) is 0 Å². The van der Waals surface area contributed by atoms with Gasteiger partial charge < -0.3 is 5.11 Å². The lowest BCUT2D eigenvalue weighted by Gasteiger charge is -2.04. The van der Waals surface area contributed by atoms with Gasteiger partial charge in [0.15, 0.2) is 0 Å². The van der Waals surface area contributed by atoms with Crippen LogP contribution in [0.25, 0.3) is 0 Å². The Kier molecular flexibility index (Phi) is 18.2. The fourth-order valence-corrected chi connectivity index (χ4v) is 2.56. The van der Waals surface area contributed by atoms with Gasteiger partial charge in [-0.1, -0.05) is 86.3 Å². The van der Waals surface area contributed by atoms with Crippen molar-refractivity contribution >= 4 is 5.97 Å². The first kappa shape index (κ1) is 25.9. The lowest BCUT2D eigenvalue weighted by molar-refractivity contribution is -0.136. The van der Waals surface area contributed by atoms with E-state index in [0.717, 1.165) is 44.9 Å². The van der Waals surface area contributed by atoms with Crippen LogP contribution in [0.4, 0.5) is 0 Å². The maximum atomic E-state index is 10.4. The molecule has 0 aliphatic heterocycles. The molecule has 156 valence electrons. The summed E-state index contributed by atoms with van der Waals surface area (Å²) in [5.41, 5.74) is 1.43. The maximum Gasteiger partial charge on any atom is 0.303 e. The molecule has 0 saturated heterocycles. The van der Waals surface area contributed by atoms with Gasteiger partial charge in [0.1, 0.15) is 0 Å². The SMILES string of the molecule is CCC=CCC=CCC=CCC(C)=CCCC(C)C=CCC=CCCC(=O)O. The third-order valence-electron chi connectivity index (χ3n) is 4.26. The van der Waals surface area contributed by atoms with E-state index >= 15 is 0 Å². The van der Waals surface area contributed by atoms with Crippen molar-refractivity contribution in [3.8, 4) is 0 Å². The summed E-state index contributed by atoms with van der Waals surface area (Å²) >= 11 is 0. The molecule has 0 aromatic carbocycles. The standard InChI is InChI=1S/C26H40O2/c1-4-5-6-7-8-9-10-12-15-19-24(2)21-18-22-25(3)20-16-13-11-14-17-23-26(27)28/h5-6,8-9,11-12,14-16,20-21,25H,4,7,10,13,17-19,22-23H2,1-3H3,(H,27,28). The van der Waals surface area contributed by atoms with Crippen LogP contribution in [0.5, 0.6) is 0 Å². The second kappa shape index (κ2) is 19.7. The number of aliphatic carboxylic acids is 1. The number of allylic oxidation sites excluding steroid dienone is 12. The van der Waals surface area contributed by atoms with Crippen LogP contribution in [0.2, 0.25) is 0 Å². The van der Waals surface area contributed by atoms with Gasteiger partial charge in [-0.3, -0.25) is 4.79 Å². The summed E-state index contributed by atoms with van der Waals surface area (Å²) in [4.78, 5) is 10.4. The van der Waals surface area contributed by atoms with Gasteiger partial charge >= 0.3 is 5.97 Å². The zero-order valence-electron chi connectivity index (χ0n) is 18.1. The van der Waals surface area contributed by atoms with E-state index in [1.54, 1.807) is 0 Å². The predicted molar refractivity (Wildman–Crippen MR) is 123 cm³/mol. The van der Waals surface area contributed by atoms with Crippen molar-refractivity contribution in [3.63, 3.8) is 0 Å². The summed E-state index contributed by atoms with van der Waals surface area (Å²) in [5.74, 6) is -0.168. The summed E-state index contributed by atoms with van der Waals surface area (Å²) in [5, 5.41) is 8.56. The highest BCUT2D eigenvalue weighted by Crippen LogP contribution is 2.11. The Hall–Kier alpha value is -2.09. The van der Waals surface area contributed by atoms with Crippen LogP contribution in [0.15, 0.2) is 72.4 Å². The van der Waals surface area contributed by atoms with E-state index in [2.05, 4.69) is 75.5 Å². The van der Waals surface area contributed by atoms with Gasteiger partial charge in [-0.25, -0.2) is 0 Å². The van der Waals surface area contributed by atoms with Crippen molar-refractivity contribution in [2.75, 3.05) is 0 Å². The minimum atomic E-state index is -0.736. The van der Waals surface area contributed by atoms with Crippen molar-refractivity contribution in [2.24, 2.45) is 5.92 Å². The highest BCUT2D eigenvalue weighted by atomic mass is 16.4. The van der Waals surface area contributed by atoms with E-state index in [1.165, 1.54) is 5.57 Å². The van der Waals surface area contributed by atoms with E-state index in [0.29, 0.717) is 12.3 Å². The molecule has 0 rings (SSSR count). The van der Waals surface area contributed by atoms with Crippen molar-refractivity contribution < 1.29 is 9.90 Å². The molecule has 0 amide bonds. The molecule has 0 aromatic heterocycles. The van der Waals surface area contributed by atoms with E-state index in [-0.39, 0.29) is 6.42 Å². The molecule has 0 aliphatic carbocycles. The molecule has 0 aromatic rings. The molecule has 2 heteroatoms. The molecule has 0 radical (unpaired) electrons. The minimum absolute atomic E-state index is 0.213. The van der Waals surface area contributed by atoms with Crippen molar-refractivity contribution in [2.45, 2.75) is 78.6 Å². The smallest absolute Gasteiger partial charge is 0.303 e. The fourth-order valence-electron chi connectivity index (χ4n) is 2.56. The van der Waals surface area contributed by atoms with Crippen LogP contribution in [-0.4, -0.2) is 11.1 Å². The van der Waals surface area contributed by atoms with Crippen LogP contribution in [-0.2, 0) is 4.79 Å². The molecular formula is C26H40O2. The highest BCUT2D eigenvalue weighted by molar-refractivity contribution is 5.66. The Morgan fingerprint density at radius 2 is 1.46 bits per heavy atom. The lowest BCUT2D eigenvalue weighted by Crippen LogP contribution is -1.91. The number of hydrogen-bond donors (Lipinski definition) is 1. The zero-order valence-corrected chi connectivity index (χ0v) is 18.1. The van der Waals surface area contributed by atoms with E-state index in [4.69, 9.17) is 5.11 Å². The minimum Gasteiger partial charge on any atom is -0.481 e. The molecule has 2 nitrogen and oxygen atoms in total. The molecule has 1 N–H and O–H groups in total. The average molecular weight is 385 g/mol. The summed E-state index contributed by atoms with van der Waals surface area (Å²) < 4.78 is 0. The molecule has 1 atom stereocenters. The molecular weight excluding hydrogens is 344 g/mol. The number of rotatable bonds is 16. The van der Waals surface area contributed by atoms with Crippen LogP contribution in [0.1, 0.15) is 78.6 Å². The number of carbonyl (C=O) groups is 1. The number of hydrogen-bond acceptors (Lipinski definition) is 1. The second-order valence-corrected chi connectivity index (χ2v) is 7.17. The third kappa shape index (κ3) is 20.2. The van der Waals surface area contributed by atoms with Gasteiger partial charge in [0, 0.05) is 6.42 Å². The first-order chi connectivity index (χ1) is 13.6. The average Bonchev–Trinajstić information content (AvgIpc) is 2.65. The van der Waals surface area contributed by atoms with Crippen LogP contribution in [0.3, 0.4) is 0 Å². The molecule has 0 bridgehead atoms. The molecule has 28 heavy (non-hydrogen) atoms. The monoisotopic (exact) mass is 384 g/mol. The molecule has 0 saturated carbocycles. The Morgan fingerprint density at radius 3 is 2.14 bits per heavy atom. The molecule has 0 spiro atoms. The van der Waals surface area contributed by atoms with Gasteiger partial charge in [0.2, 0.25) is 0 Å². The van der Waals surface area contributed by atoms with E-state index < -0.39 is 5.97 Å². The van der Waals surface area contributed by atoms with Crippen molar-refractivity contribution in [1.29, 1.82) is 0 Å². The van der Waals surface area contributed by atoms with Gasteiger partial charge in [-0.2, -0.15) is 0 Å². The number of carboxylic acids is 1.